The number of rotatable bonds is 6. The molecule has 7 heteroatoms. The largest absolute Gasteiger partial charge is 0.497 e. The number of nitrogens with one attached hydrogen (secondary N) is 1. The molecule has 28 heavy (non-hydrogen) atoms. The number of pyridine rings is 1. The number of fused-ring (bicyclic) bond motifs is 3. The van der Waals surface area contributed by atoms with Crippen LogP contribution in [0.3, 0.4) is 0 Å². The Bertz CT molecular complexity index is 1160. The van der Waals surface area contributed by atoms with Crippen LogP contribution in [0.15, 0.2) is 59.8 Å². The molecular formula is C21H20N4O2S. The highest BCUT2D eigenvalue weighted by Gasteiger charge is 2.13. The van der Waals surface area contributed by atoms with Crippen molar-refractivity contribution in [3.8, 4) is 5.75 Å². The smallest absolute Gasteiger partial charge is 0.230 e. The summed E-state index contributed by atoms with van der Waals surface area (Å²) < 4.78 is 7.21. The number of thioether (sulfide) groups is 1. The van der Waals surface area contributed by atoms with E-state index in [-0.39, 0.29) is 11.7 Å². The minimum Gasteiger partial charge on any atom is -0.497 e. The Hall–Kier alpha value is -3.06. The number of para-hydroxylation sites is 1. The standard InChI is InChI=1S/C21H20N4O2S/c1-14-10-19-23-24-21(25(19)18-9-4-3-8-17(14)18)28-13-20(26)22-12-15-6-5-7-16(11-15)27-2/h3-11H,12-13H2,1-2H3,(H,22,26). The Balaban J connectivity index is 1.47. The number of methoxy groups -OCH3 is 1. The van der Waals surface area contributed by atoms with E-state index in [1.54, 1.807) is 7.11 Å². The summed E-state index contributed by atoms with van der Waals surface area (Å²) in [6.07, 6.45) is 0. The molecule has 2 aromatic carbocycles. The molecule has 2 heterocycles. The number of carbonyl (C=O) groups excluding carboxylic acids is 1. The lowest BCUT2D eigenvalue weighted by atomic mass is 10.1. The SMILES string of the molecule is COc1cccc(CNC(=O)CSc2nnc3cc(C)c4ccccc4n23)c1. The number of aromatic nitrogens is 3. The van der Waals surface area contributed by atoms with E-state index in [4.69, 9.17) is 4.74 Å². The molecule has 0 atom stereocenters. The normalized spacial score (nSPS) is 11.1. The molecule has 0 saturated heterocycles. The van der Waals surface area contributed by atoms with Crippen LogP contribution in [-0.2, 0) is 11.3 Å². The summed E-state index contributed by atoms with van der Waals surface area (Å²) in [4.78, 5) is 12.3. The lowest BCUT2D eigenvalue weighted by molar-refractivity contribution is -0.118. The summed E-state index contributed by atoms with van der Waals surface area (Å²) in [6, 6.07) is 17.8. The zero-order valence-electron chi connectivity index (χ0n) is 15.7. The first-order chi connectivity index (χ1) is 13.7. The summed E-state index contributed by atoms with van der Waals surface area (Å²) in [5.74, 6) is 0.992. The number of hydrogen-bond acceptors (Lipinski definition) is 5. The molecule has 0 aliphatic carbocycles. The van der Waals surface area contributed by atoms with Gasteiger partial charge in [0.25, 0.3) is 0 Å². The minimum atomic E-state index is -0.0546. The molecule has 2 aromatic heterocycles. The molecule has 4 rings (SSSR count). The second-order valence-electron chi connectivity index (χ2n) is 6.44. The lowest BCUT2D eigenvalue weighted by Gasteiger charge is -2.08. The lowest BCUT2D eigenvalue weighted by Crippen LogP contribution is -2.24. The first-order valence-corrected chi connectivity index (χ1v) is 9.90. The predicted octanol–water partition coefficient (Wildman–Crippen LogP) is 3.61. The van der Waals surface area contributed by atoms with E-state index in [0.29, 0.717) is 11.7 Å². The third-order valence-electron chi connectivity index (χ3n) is 4.53. The quantitative estimate of drug-likeness (QED) is 0.508. The van der Waals surface area contributed by atoms with Gasteiger partial charge in [0.2, 0.25) is 5.91 Å². The summed E-state index contributed by atoms with van der Waals surface area (Å²) in [6.45, 7) is 2.52. The number of carbonyl (C=O) groups is 1. The van der Waals surface area contributed by atoms with Crippen molar-refractivity contribution in [3.63, 3.8) is 0 Å². The summed E-state index contributed by atoms with van der Waals surface area (Å²) in [5, 5.41) is 13.3. The summed E-state index contributed by atoms with van der Waals surface area (Å²) in [7, 11) is 1.63. The summed E-state index contributed by atoms with van der Waals surface area (Å²) in [5.41, 5.74) is 3.98. The van der Waals surface area contributed by atoms with Crippen molar-refractivity contribution in [2.75, 3.05) is 12.9 Å². The molecule has 0 spiro atoms. The molecule has 1 amide bonds. The van der Waals surface area contributed by atoms with Crippen LogP contribution in [0.25, 0.3) is 16.6 Å². The number of benzene rings is 2. The highest BCUT2D eigenvalue weighted by atomic mass is 32.2. The molecule has 0 aliphatic rings. The highest BCUT2D eigenvalue weighted by molar-refractivity contribution is 7.99. The van der Waals surface area contributed by atoms with E-state index in [1.165, 1.54) is 11.8 Å². The second-order valence-corrected chi connectivity index (χ2v) is 7.38. The van der Waals surface area contributed by atoms with Gasteiger partial charge in [-0.2, -0.15) is 0 Å². The minimum absolute atomic E-state index is 0.0546. The first-order valence-electron chi connectivity index (χ1n) is 8.91. The Morgan fingerprint density at radius 2 is 2.00 bits per heavy atom. The van der Waals surface area contributed by atoms with E-state index in [1.807, 2.05) is 52.9 Å². The number of aryl methyl sites for hydroxylation is 1. The van der Waals surface area contributed by atoms with Gasteiger partial charge in [-0.05, 0) is 42.3 Å². The third-order valence-corrected chi connectivity index (χ3v) is 5.46. The first kappa shape index (κ1) is 18.3. The van der Waals surface area contributed by atoms with Crippen molar-refractivity contribution in [1.29, 1.82) is 0 Å². The second kappa shape index (κ2) is 7.90. The average Bonchev–Trinajstić information content (AvgIpc) is 3.14. The van der Waals surface area contributed by atoms with E-state index < -0.39 is 0 Å². The zero-order valence-corrected chi connectivity index (χ0v) is 16.5. The van der Waals surface area contributed by atoms with E-state index in [2.05, 4.69) is 28.5 Å². The van der Waals surface area contributed by atoms with Gasteiger partial charge in [-0.15, -0.1) is 10.2 Å². The highest BCUT2D eigenvalue weighted by Crippen LogP contribution is 2.25. The number of ether oxygens (including phenoxy) is 1. The van der Waals surface area contributed by atoms with Gasteiger partial charge >= 0.3 is 0 Å². The van der Waals surface area contributed by atoms with Gasteiger partial charge in [-0.1, -0.05) is 42.1 Å². The fraction of sp³-hybridized carbons (Fsp3) is 0.190. The van der Waals surface area contributed by atoms with Crippen molar-refractivity contribution < 1.29 is 9.53 Å². The van der Waals surface area contributed by atoms with Gasteiger partial charge in [0.15, 0.2) is 10.8 Å². The van der Waals surface area contributed by atoms with Crippen LogP contribution in [0.1, 0.15) is 11.1 Å². The van der Waals surface area contributed by atoms with Gasteiger partial charge in [-0.25, -0.2) is 0 Å². The van der Waals surface area contributed by atoms with Crippen LogP contribution in [0.5, 0.6) is 5.75 Å². The van der Waals surface area contributed by atoms with Gasteiger partial charge in [0.1, 0.15) is 5.75 Å². The molecule has 142 valence electrons. The Morgan fingerprint density at radius 1 is 1.14 bits per heavy atom. The number of hydrogen-bond donors (Lipinski definition) is 1. The molecule has 0 unspecified atom stereocenters. The van der Waals surface area contributed by atoms with Gasteiger partial charge in [0, 0.05) is 11.9 Å². The Morgan fingerprint density at radius 3 is 2.86 bits per heavy atom. The van der Waals surface area contributed by atoms with Gasteiger partial charge in [0.05, 0.1) is 18.4 Å². The van der Waals surface area contributed by atoms with Gasteiger partial charge < -0.3 is 10.1 Å². The van der Waals surface area contributed by atoms with Crippen LogP contribution in [0, 0.1) is 6.92 Å². The Labute approximate surface area is 166 Å². The molecule has 0 aliphatic heterocycles. The molecule has 0 bridgehead atoms. The van der Waals surface area contributed by atoms with E-state index in [0.717, 1.165) is 33.4 Å². The van der Waals surface area contributed by atoms with Crippen molar-refractivity contribution in [2.24, 2.45) is 0 Å². The monoisotopic (exact) mass is 392 g/mol. The fourth-order valence-electron chi connectivity index (χ4n) is 3.13. The van der Waals surface area contributed by atoms with Crippen LogP contribution in [0.2, 0.25) is 0 Å². The maximum absolute atomic E-state index is 12.3. The summed E-state index contributed by atoms with van der Waals surface area (Å²) >= 11 is 1.38. The van der Waals surface area contributed by atoms with Crippen molar-refractivity contribution in [2.45, 2.75) is 18.6 Å². The number of nitrogens with zero attached hydrogens (tertiary/aromatic N) is 3. The molecule has 6 nitrogen and oxygen atoms in total. The molecular weight excluding hydrogens is 372 g/mol. The van der Waals surface area contributed by atoms with Crippen molar-refractivity contribution >= 4 is 34.2 Å². The maximum atomic E-state index is 12.3. The third kappa shape index (κ3) is 3.66. The van der Waals surface area contributed by atoms with Crippen LogP contribution in [0.4, 0.5) is 0 Å². The molecule has 0 radical (unpaired) electrons. The van der Waals surface area contributed by atoms with E-state index >= 15 is 0 Å². The maximum Gasteiger partial charge on any atom is 0.230 e. The molecule has 0 fully saturated rings. The predicted molar refractivity (Wildman–Crippen MR) is 111 cm³/mol. The molecule has 4 aromatic rings. The van der Waals surface area contributed by atoms with Crippen molar-refractivity contribution in [3.05, 3.63) is 65.7 Å². The van der Waals surface area contributed by atoms with E-state index in [9.17, 15) is 4.79 Å². The fourth-order valence-corrected chi connectivity index (χ4v) is 3.91. The van der Waals surface area contributed by atoms with Crippen molar-refractivity contribution in [1.82, 2.24) is 19.9 Å². The topological polar surface area (TPSA) is 68.5 Å². The van der Waals surface area contributed by atoms with Crippen LogP contribution < -0.4 is 10.1 Å². The Kier molecular flexibility index (Phi) is 5.16. The molecule has 0 saturated carbocycles. The molecule has 1 N–H and O–H groups in total. The zero-order chi connectivity index (χ0) is 19.5. The van der Waals surface area contributed by atoms with Gasteiger partial charge in [-0.3, -0.25) is 9.20 Å². The average molecular weight is 392 g/mol. The van der Waals surface area contributed by atoms with Crippen LogP contribution >= 0.6 is 11.8 Å². The number of amides is 1. The van der Waals surface area contributed by atoms with Crippen LogP contribution in [-0.4, -0.2) is 33.4 Å².